The van der Waals surface area contributed by atoms with Gasteiger partial charge in [-0.25, -0.2) is 8.42 Å². The SMILES string of the molecule is CC(Oc1ccc(O)cc1)C(=O)NCCNC(=O)c1ccc(NS(C)(=O)=O)cc1. The number of benzene rings is 2. The first-order valence-electron chi connectivity index (χ1n) is 8.73. The smallest absolute Gasteiger partial charge is 0.260 e. The minimum Gasteiger partial charge on any atom is -0.508 e. The molecule has 156 valence electrons. The Balaban J connectivity index is 1.72. The molecule has 2 rings (SSSR count). The van der Waals surface area contributed by atoms with Crippen LogP contribution in [0, 0.1) is 0 Å². The fraction of sp³-hybridized carbons (Fsp3) is 0.263. The van der Waals surface area contributed by atoms with Gasteiger partial charge in [0, 0.05) is 24.3 Å². The van der Waals surface area contributed by atoms with Gasteiger partial charge in [-0.2, -0.15) is 0 Å². The van der Waals surface area contributed by atoms with Gasteiger partial charge in [0.25, 0.3) is 11.8 Å². The van der Waals surface area contributed by atoms with E-state index in [9.17, 15) is 23.1 Å². The third-order valence-electron chi connectivity index (χ3n) is 3.68. The lowest BCUT2D eigenvalue weighted by Crippen LogP contribution is -2.40. The van der Waals surface area contributed by atoms with Crippen LogP contribution in [0.4, 0.5) is 5.69 Å². The molecule has 1 atom stereocenters. The maximum absolute atomic E-state index is 12.1. The van der Waals surface area contributed by atoms with E-state index in [1.54, 1.807) is 19.1 Å². The molecule has 0 fully saturated rings. The second kappa shape index (κ2) is 9.78. The van der Waals surface area contributed by atoms with Crippen molar-refractivity contribution < 1.29 is 27.9 Å². The van der Waals surface area contributed by atoms with Crippen molar-refractivity contribution in [1.29, 1.82) is 0 Å². The van der Waals surface area contributed by atoms with Crippen LogP contribution in [0.5, 0.6) is 11.5 Å². The van der Waals surface area contributed by atoms with E-state index in [0.717, 1.165) is 6.26 Å². The number of phenols is 1. The molecular weight excluding hydrogens is 398 g/mol. The number of aromatic hydroxyl groups is 1. The highest BCUT2D eigenvalue weighted by molar-refractivity contribution is 7.92. The summed E-state index contributed by atoms with van der Waals surface area (Å²) in [4.78, 5) is 24.1. The van der Waals surface area contributed by atoms with Gasteiger partial charge >= 0.3 is 0 Å². The molecule has 0 heterocycles. The standard InChI is InChI=1S/C19H23N3O6S/c1-13(28-17-9-7-16(23)8-10-17)18(24)20-11-12-21-19(25)14-3-5-15(6-4-14)22-29(2,26)27/h3-10,13,22-23H,11-12H2,1-2H3,(H,20,24)(H,21,25). The molecule has 0 radical (unpaired) electrons. The van der Waals surface area contributed by atoms with Gasteiger partial charge in [0.05, 0.1) is 6.26 Å². The molecule has 4 N–H and O–H groups in total. The Morgan fingerprint density at radius 3 is 2.17 bits per heavy atom. The average Bonchev–Trinajstić information content (AvgIpc) is 2.66. The highest BCUT2D eigenvalue weighted by Crippen LogP contribution is 2.17. The first-order chi connectivity index (χ1) is 13.6. The summed E-state index contributed by atoms with van der Waals surface area (Å²) < 4.78 is 30.1. The molecule has 0 bridgehead atoms. The number of phenolic OH excluding ortho intramolecular Hbond substituents is 1. The summed E-state index contributed by atoms with van der Waals surface area (Å²) in [5.41, 5.74) is 0.721. The molecule has 2 amide bonds. The third-order valence-corrected chi connectivity index (χ3v) is 4.29. The molecule has 0 aliphatic heterocycles. The summed E-state index contributed by atoms with van der Waals surface area (Å²) >= 11 is 0. The Labute approximate surface area is 169 Å². The molecule has 9 nitrogen and oxygen atoms in total. The Hall–Kier alpha value is -3.27. The summed E-state index contributed by atoms with van der Waals surface area (Å²) in [5, 5.41) is 14.5. The van der Waals surface area contributed by atoms with Crippen LogP contribution < -0.4 is 20.1 Å². The van der Waals surface area contributed by atoms with Gasteiger partial charge in [0.1, 0.15) is 11.5 Å². The number of sulfonamides is 1. The van der Waals surface area contributed by atoms with E-state index in [2.05, 4.69) is 15.4 Å². The number of ether oxygens (including phenoxy) is 1. The number of anilines is 1. The van der Waals surface area contributed by atoms with Crippen LogP contribution in [0.3, 0.4) is 0 Å². The van der Waals surface area contributed by atoms with Gasteiger partial charge in [0.15, 0.2) is 6.10 Å². The van der Waals surface area contributed by atoms with Gasteiger partial charge in [-0.1, -0.05) is 0 Å². The van der Waals surface area contributed by atoms with E-state index in [1.807, 2.05) is 0 Å². The summed E-state index contributed by atoms with van der Waals surface area (Å²) in [6.07, 6.45) is 0.295. The number of carbonyl (C=O) groups excluding carboxylic acids is 2. The van der Waals surface area contributed by atoms with E-state index < -0.39 is 16.1 Å². The lowest BCUT2D eigenvalue weighted by atomic mass is 10.2. The number of nitrogens with one attached hydrogen (secondary N) is 3. The first-order valence-corrected chi connectivity index (χ1v) is 10.6. The zero-order valence-electron chi connectivity index (χ0n) is 16.0. The van der Waals surface area contributed by atoms with E-state index >= 15 is 0 Å². The highest BCUT2D eigenvalue weighted by atomic mass is 32.2. The quantitative estimate of drug-likeness (QED) is 0.448. The molecule has 0 saturated heterocycles. The molecule has 0 saturated carbocycles. The lowest BCUT2D eigenvalue weighted by Gasteiger charge is -2.15. The number of rotatable bonds is 9. The maximum atomic E-state index is 12.1. The second-order valence-corrected chi connectivity index (χ2v) is 8.00. The van der Waals surface area contributed by atoms with Crippen molar-refractivity contribution in [2.45, 2.75) is 13.0 Å². The Bertz CT molecular complexity index is 943. The molecular formula is C19H23N3O6S. The Morgan fingerprint density at radius 2 is 1.59 bits per heavy atom. The fourth-order valence-corrected chi connectivity index (χ4v) is 2.86. The van der Waals surface area contributed by atoms with Crippen LogP contribution in [0.2, 0.25) is 0 Å². The summed E-state index contributed by atoms with van der Waals surface area (Å²) in [5.74, 6) is -0.138. The summed E-state index contributed by atoms with van der Waals surface area (Å²) in [6.45, 7) is 2.01. The van der Waals surface area contributed by atoms with Crippen LogP contribution in [0.15, 0.2) is 48.5 Å². The van der Waals surface area contributed by atoms with Crippen LogP contribution in [0.25, 0.3) is 0 Å². The molecule has 10 heteroatoms. The monoisotopic (exact) mass is 421 g/mol. The van der Waals surface area contributed by atoms with Crippen molar-refractivity contribution >= 4 is 27.5 Å². The van der Waals surface area contributed by atoms with Gasteiger partial charge in [0.2, 0.25) is 10.0 Å². The number of hydrogen-bond donors (Lipinski definition) is 4. The van der Waals surface area contributed by atoms with Crippen molar-refractivity contribution in [1.82, 2.24) is 10.6 Å². The molecule has 0 aromatic heterocycles. The number of hydrogen-bond acceptors (Lipinski definition) is 6. The van der Waals surface area contributed by atoms with Crippen molar-refractivity contribution in [2.75, 3.05) is 24.1 Å². The molecule has 1 unspecified atom stereocenters. The van der Waals surface area contributed by atoms with Crippen molar-refractivity contribution in [3.8, 4) is 11.5 Å². The molecule has 0 aliphatic rings. The van der Waals surface area contributed by atoms with Crippen LogP contribution in [-0.2, 0) is 14.8 Å². The Morgan fingerprint density at radius 1 is 1.00 bits per heavy atom. The Kier molecular flexibility index (Phi) is 7.43. The number of carbonyl (C=O) groups is 2. The second-order valence-electron chi connectivity index (χ2n) is 6.25. The van der Waals surface area contributed by atoms with E-state index in [1.165, 1.54) is 36.4 Å². The molecule has 0 aliphatic carbocycles. The molecule has 2 aromatic carbocycles. The zero-order valence-corrected chi connectivity index (χ0v) is 16.8. The van der Waals surface area contributed by atoms with E-state index in [4.69, 9.17) is 4.74 Å². The molecule has 2 aromatic rings. The largest absolute Gasteiger partial charge is 0.508 e. The van der Waals surface area contributed by atoms with Gasteiger partial charge in [-0.3, -0.25) is 14.3 Å². The topological polar surface area (TPSA) is 134 Å². The average molecular weight is 421 g/mol. The highest BCUT2D eigenvalue weighted by Gasteiger charge is 2.14. The minimum absolute atomic E-state index is 0.103. The predicted octanol–water partition coefficient (Wildman–Crippen LogP) is 1.08. The van der Waals surface area contributed by atoms with Crippen molar-refractivity contribution in [3.05, 3.63) is 54.1 Å². The van der Waals surface area contributed by atoms with Crippen LogP contribution in [-0.4, -0.2) is 50.8 Å². The van der Waals surface area contributed by atoms with E-state index in [0.29, 0.717) is 17.0 Å². The maximum Gasteiger partial charge on any atom is 0.260 e. The third kappa shape index (κ3) is 7.70. The first kappa shape index (κ1) is 22.0. The van der Waals surface area contributed by atoms with Gasteiger partial charge in [-0.15, -0.1) is 0 Å². The van der Waals surface area contributed by atoms with Crippen molar-refractivity contribution in [3.63, 3.8) is 0 Å². The predicted molar refractivity (Wildman–Crippen MR) is 108 cm³/mol. The minimum atomic E-state index is -3.38. The summed E-state index contributed by atoms with van der Waals surface area (Å²) in [6, 6.07) is 12.0. The molecule has 0 spiro atoms. The normalized spacial score (nSPS) is 11.9. The van der Waals surface area contributed by atoms with Crippen LogP contribution in [0.1, 0.15) is 17.3 Å². The van der Waals surface area contributed by atoms with E-state index in [-0.39, 0.29) is 30.7 Å². The summed E-state index contributed by atoms with van der Waals surface area (Å²) in [7, 11) is -3.38. The van der Waals surface area contributed by atoms with Crippen LogP contribution >= 0.6 is 0 Å². The van der Waals surface area contributed by atoms with Gasteiger partial charge in [-0.05, 0) is 55.5 Å². The lowest BCUT2D eigenvalue weighted by molar-refractivity contribution is -0.127. The molecule has 29 heavy (non-hydrogen) atoms. The van der Waals surface area contributed by atoms with Crippen molar-refractivity contribution in [2.24, 2.45) is 0 Å². The number of amides is 2. The fourth-order valence-electron chi connectivity index (χ4n) is 2.29. The zero-order chi connectivity index (χ0) is 21.4. The van der Waals surface area contributed by atoms with Gasteiger partial charge < -0.3 is 20.5 Å².